The predicted octanol–water partition coefficient (Wildman–Crippen LogP) is 5.39. The van der Waals surface area contributed by atoms with E-state index in [0.717, 1.165) is 19.3 Å². The fraction of sp³-hybridized carbons (Fsp3) is 0.676. The molecule has 0 radical (unpaired) electrons. The van der Waals surface area contributed by atoms with Gasteiger partial charge in [-0.3, -0.25) is 19.2 Å². The van der Waals surface area contributed by atoms with Crippen LogP contribution in [0.15, 0.2) is 30.3 Å². The van der Waals surface area contributed by atoms with Gasteiger partial charge in [-0.1, -0.05) is 88.6 Å². The van der Waals surface area contributed by atoms with Gasteiger partial charge < -0.3 is 29.0 Å². The quantitative estimate of drug-likeness (QED) is 0.0945. The first-order valence-electron chi connectivity index (χ1n) is 16.0. The second-order valence-corrected chi connectivity index (χ2v) is 11.2. The van der Waals surface area contributed by atoms with Crippen molar-refractivity contribution in [3.8, 4) is 0 Å². The summed E-state index contributed by atoms with van der Waals surface area (Å²) in [6, 6.07) is 8.69. The summed E-state index contributed by atoms with van der Waals surface area (Å²) in [6.07, 6.45) is 5.91. The Labute approximate surface area is 268 Å². The number of benzene rings is 1. The summed E-state index contributed by atoms with van der Waals surface area (Å²) in [7, 11) is 2.56. The van der Waals surface area contributed by atoms with E-state index in [1.54, 1.807) is 37.3 Å². The third-order valence-corrected chi connectivity index (χ3v) is 7.43. The van der Waals surface area contributed by atoms with Gasteiger partial charge in [-0.2, -0.15) is 0 Å². The van der Waals surface area contributed by atoms with Crippen LogP contribution in [0.1, 0.15) is 110 Å². The van der Waals surface area contributed by atoms with Crippen molar-refractivity contribution < 1.29 is 47.7 Å². The summed E-state index contributed by atoms with van der Waals surface area (Å²) >= 11 is 0. The van der Waals surface area contributed by atoms with Crippen LogP contribution in [0.25, 0.3) is 0 Å². The molecule has 11 nitrogen and oxygen atoms in total. The van der Waals surface area contributed by atoms with E-state index in [2.05, 4.69) is 12.2 Å². The molecular formula is C34H53NO10. The van der Waals surface area contributed by atoms with E-state index in [1.165, 1.54) is 60.2 Å². The van der Waals surface area contributed by atoms with Crippen LogP contribution in [0.3, 0.4) is 0 Å². The smallest absolute Gasteiger partial charge is 0.340 e. The van der Waals surface area contributed by atoms with E-state index in [0.29, 0.717) is 12.0 Å². The van der Waals surface area contributed by atoms with Gasteiger partial charge in [-0.05, 0) is 25.8 Å². The molecule has 1 amide bonds. The fourth-order valence-electron chi connectivity index (χ4n) is 4.88. The minimum Gasteiger partial charge on any atom is -0.469 e. The normalized spacial score (nSPS) is 14.3. The zero-order chi connectivity index (χ0) is 33.6. The second kappa shape index (κ2) is 23.0. The Balaban J connectivity index is 2.72. The monoisotopic (exact) mass is 635 g/mol. The standard InChI is InChI=1S/C34H53NO10/c1-7-8-9-10-11-12-13-14-18-21-29(37)43-25(3)31(44-26(4)36)24(2)33(39)35-23-28(22-30(38)41-5)45-34(40)32(42-6)27-19-16-15-17-20-27/h15-17,19-20,24-25,28,31-32H,7-14,18,21-23H2,1-6H3,(H,35,39)/t24?,25?,28-,31?,32+/m1/s1. The van der Waals surface area contributed by atoms with E-state index in [4.69, 9.17) is 23.7 Å². The molecule has 5 atom stereocenters. The van der Waals surface area contributed by atoms with Gasteiger partial charge in [0.1, 0.15) is 18.3 Å². The van der Waals surface area contributed by atoms with Crippen molar-refractivity contribution >= 4 is 29.8 Å². The highest BCUT2D eigenvalue weighted by Crippen LogP contribution is 2.20. The van der Waals surface area contributed by atoms with Crippen LogP contribution in [0.4, 0.5) is 0 Å². The summed E-state index contributed by atoms with van der Waals surface area (Å²) < 4.78 is 26.5. The zero-order valence-electron chi connectivity index (χ0n) is 27.8. The van der Waals surface area contributed by atoms with Crippen molar-refractivity contribution in [3.05, 3.63) is 35.9 Å². The Hall–Kier alpha value is -3.47. The average molecular weight is 636 g/mol. The van der Waals surface area contributed by atoms with Crippen molar-refractivity contribution in [1.29, 1.82) is 0 Å². The molecule has 11 heteroatoms. The molecule has 0 aromatic heterocycles. The molecule has 0 saturated heterocycles. The summed E-state index contributed by atoms with van der Waals surface area (Å²) in [5.41, 5.74) is 0.560. The van der Waals surface area contributed by atoms with Gasteiger partial charge >= 0.3 is 23.9 Å². The van der Waals surface area contributed by atoms with Gasteiger partial charge in [0.05, 0.1) is 26.0 Å². The molecule has 0 aliphatic heterocycles. The molecule has 0 bridgehead atoms. The van der Waals surface area contributed by atoms with Gasteiger partial charge in [0.25, 0.3) is 0 Å². The van der Waals surface area contributed by atoms with E-state index >= 15 is 0 Å². The molecule has 1 rings (SSSR count). The van der Waals surface area contributed by atoms with Gasteiger partial charge in [-0.25, -0.2) is 4.79 Å². The van der Waals surface area contributed by atoms with Crippen molar-refractivity contribution in [1.82, 2.24) is 5.32 Å². The Bertz CT molecular complexity index is 1030. The van der Waals surface area contributed by atoms with E-state index in [9.17, 15) is 24.0 Å². The lowest BCUT2D eigenvalue weighted by Gasteiger charge is -2.28. The van der Waals surface area contributed by atoms with Crippen LogP contribution >= 0.6 is 0 Å². The molecule has 1 N–H and O–H groups in total. The Morgan fingerprint density at radius 3 is 1.93 bits per heavy atom. The van der Waals surface area contributed by atoms with Crippen molar-refractivity contribution in [2.24, 2.45) is 5.92 Å². The molecule has 1 aromatic rings. The number of carbonyl (C=O) groups is 5. The molecule has 1 aromatic carbocycles. The number of nitrogens with one attached hydrogen (secondary N) is 1. The molecule has 45 heavy (non-hydrogen) atoms. The van der Waals surface area contributed by atoms with Crippen LogP contribution in [-0.4, -0.2) is 68.9 Å². The maximum absolute atomic E-state index is 13.1. The Morgan fingerprint density at radius 2 is 1.38 bits per heavy atom. The first-order valence-corrected chi connectivity index (χ1v) is 16.0. The van der Waals surface area contributed by atoms with Crippen LogP contribution in [0.5, 0.6) is 0 Å². The number of methoxy groups -OCH3 is 2. The lowest BCUT2D eigenvalue weighted by Crippen LogP contribution is -2.46. The molecular weight excluding hydrogens is 582 g/mol. The van der Waals surface area contributed by atoms with Crippen molar-refractivity contribution in [2.75, 3.05) is 20.8 Å². The first-order chi connectivity index (χ1) is 21.5. The van der Waals surface area contributed by atoms with Crippen LogP contribution in [0, 0.1) is 5.92 Å². The first kappa shape index (κ1) is 39.6. The third-order valence-electron chi connectivity index (χ3n) is 7.43. The molecule has 254 valence electrons. The molecule has 0 saturated carbocycles. The van der Waals surface area contributed by atoms with E-state index < -0.39 is 60.1 Å². The van der Waals surface area contributed by atoms with Crippen LogP contribution in [-0.2, 0) is 47.7 Å². The van der Waals surface area contributed by atoms with Crippen LogP contribution < -0.4 is 5.32 Å². The highest BCUT2D eigenvalue weighted by atomic mass is 16.6. The van der Waals surface area contributed by atoms with E-state index in [-0.39, 0.29) is 19.4 Å². The summed E-state index contributed by atoms with van der Waals surface area (Å²) in [5, 5.41) is 2.65. The number of hydrogen-bond acceptors (Lipinski definition) is 10. The Kier molecular flexibility index (Phi) is 20.2. The summed E-state index contributed by atoms with van der Waals surface area (Å²) in [4.78, 5) is 62.5. The molecule has 0 aliphatic rings. The lowest BCUT2D eigenvalue weighted by molar-refractivity contribution is -0.171. The lowest BCUT2D eigenvalue weighted by atomic mass is 9.99. The largest absolute Gasteiger partial charge is 0.469 e. The molecule has 0 aliphatic carbocycles. The number of ether oxygens (including phenoxy) is 5. The third kappa shape index (κ3) is 16.4. The molecule has 0 heterocycles. The SMILES string of the molecule is CCCCCCCCCCCC(=O)OC(C)C(OC(C)=O)C(C)C(=O)NC[C@@H](CC(=O)OC)OC(=O)[C@@H](OC)c1ccccc1. The fourth-order valence-corrected chi connectivity index (χ4v) is 4.88. The second-order valence-electron chi connectivity index (χ2n) is 11.2. The van der Waals surface area contributed by atoms with E-state index in [1.807, 2.05) is 0 Å². The molecule has 3 unspecified atom stereocenters. The van der Waals surface area contributed by atoms with Gasteiger partial charge in [0.15, 0.2) is 6.10 Å². The maximum Gasteiger partial charge on any atom is 0.340 e. The highest BCUT2D eigenvalue weighted by Gasteiger charge is 2.35. The van der Waals surface area contributed by atoms with Crippen molar-refractivity contribution in [2.45, 2.75) is 123 Å². The summed E-state index contributed by atoms with van der Waals surface area (Å²) in [5.74, 6) is -3.94. The number of amides is 1. The number of esters is 4. The molecule has 0 spiro atoms. The number of unbranched alkanes of at least 4 members (excludes halogenated alkanes) is 8. The highest BCUT2D eigenvalue weighted by molar-refractivity contribution is 5.80. The number of rotatable bonds is 23. The molecule has 0 fully saturated rings. The predicted molar refractivity (Wildman–Crippen MR) is 168 cm³/mol. The topological polar surface area (TPSA) is 144 Å². The minimum atomic E-state index is -1.07. The van der Waals surface area contributed by atoms with Crippen LogP contribution in [0.2, 0.25) is 0 Å². The van der Waals surface area contributed by atoms with Crippen molar-refractivity contribution in [3.63, 3.8) is 0 Å². The zero-order valence-corrected chi connectivity index (χ0v) is 27.8. The number of carbonyl (C=O) groups excluding carboxylic acids is 5. The van der Waals surface area contributed by atoms with Gasteiger partial charge in [0.2, 0.25) is 5.91 Å². The number of hydrogen-bond donors (Lipinski definition) is 1. The Morgan fingerprint density at radius 1 is 0.778 bits per heavy atom. The minimum absolute atomic E-state index is 0.227. The maximum atomic E-state index is 13.1. The average Bonchev–Trinajstić information content (AvgIpc) is 3.01. The summed E-state index contributed by atoms with van der Waals surface area (Å²) in [6.45, 7) is 6.28. The van der Waals surface area contributed by atoms with Gasteiger partial charge in [-0.15, -0.1) is 0 Å². The van der Waals surface area contributed by atoms with Gasteiger partial charge in [0, 0.05) is 20.5 Å².